The molecule has 1 heterocycles. The van der Waals surface area contributed by atoms with Gasteiger partial charge in [0.2, 0.25) is 5.89 Å². The number of hydrogen-bond donors (Lipinski definition) is 1. The van der Waals surface area contributed by atoms with E-state index in [1.165, 1.54) is 18.2 Å². The molecule has 0 aliphatic carbocycles. The third kappa shape index (κ3) is 3.24. The van der Waals surface area contributed by atoms with Gasteiger partial charge in [0.05, 0.1) is 24.8 Å². The Hall–Kier alpha value is -3.22. The van der Waals surface area contributed by atoms with Crippen molar-refractivity contribution < 1.29 is 18.3 Å². The lowest BCUT2D eigenvalue weighted by Crippen LogP contribution is -2.23. The fourth-order valence-corrected chi connectivity index (χ4v) is 2.15. The number of carbonyl (C=O) groups is 1. The highest BCUT2D eigenvalue weighted by atomic mass is 19.1. The molecular formula is C17H14FN3O3. The van der Waals surface area contributed by atoms with Gasteiger partial charge < -0.3 is 14.5 Å². The van der Waals surface area contributed by atoms with E-state index in [0.717, 1.165) is 0 Å². The van der Waals surface area contributed by atoms with Crippen LogP contribution in [0.15, 0.2) is 52.9 Å². The first-order valence-electron chi connectivity index (χ1n) is 7.17. The number of aromatic nitrogens is 2. The van der Waals surface area contributed by atoms with Crippen molar-refractivity contribution in [2.75, 3.05) is 7.11 Å². The lowest BCUT2D eigenvalue weighted by Gasteiger charge is -2.04. The molecule has 1 amide bonds. The third-order valence-corrected chi connectivity index (χ3v) is 3.32. The summed E-state index contributed by atoms with van der Waals surface area (Å²) in [5.41, 5.74) is 0.612. The average Bonchev–Trinajstić information content (AvgIpc) is 3.09. The van der Waals surface area contributed by atoms with Crippen LogP contribution in [-0.4, -0.2) is 23.2 Å². The van der Waals surface area contributed by atoms with Crippen LogP contribution in [0.1, 0.15) is 16.2 Å². The van der Waals surface area contributed by atoms with Crippen LogP contribution in [0.25, 0.3) is 11.5 Å². The summed E-state index contributed by atoms with van der Waals surface area (Å²) in [7, 11) is 1.55. The minimum Gasteiger partial charge on any atom is -0.496 e. The molecule has 7 heteroatoms. The number of methoxy groups -OCH3 is 1. The van der Waals surface area contributed by atoms with Gasteiger partial charge in [0.1, 0.15) is 11.6 Å². The first-order chi connectivity index (χ1) is 11.7. The monoisotopic (exact) mass is 327 g/mol. The Morgan fingerprint density at radius 2 is 1.92 bits per heavy atom. The number of para-hydroxylation sites is 1. The van der Waals surface area contributed by atoms with Gasteiger partial charge in [-0.15, -0.1) is 10.2 Å². The van der Waals surface area contributed by atoms with Crippen molar-refractivity contribution in [2.24, 2.45) is 0 Å². The molecule has 0 radical (unpaired) electrons. The fraction of sp³-hybridized carbons (Fsp3) is 0.118. The van der Waals surface area contributed by atoms with Gasteiger partial charge in [0.25, 0.3) is 11.8 Å². The number of halogens is 1. The molecule has 6 nitrogen and oxygen atoms in total. The summed E-state index contributed by atoms with van der Waals surface area (Å²) in [6.45, 7) is -0.00465. The molecule has 0 aliphatic rings. The van der Waals surface area contributed by atoms with Crippen LogP contribution < -0.4 is 10.1 Å². The Labute approximate surface area is 137 Å². The van der Waals surface area contributed by atoms with E-state index in [-0.39, 0.29) is 23.9 Å². The van der Waals surface area contributed by atoms with Crippen molar-refractivity contribution in [2.45, 2.75) is 6.54 Å². The highest BCUT2D eigenvalue weighted by Crippen LogP contribution is 2.28. The smallest absolute Gasteiger partial charge is 0.254 e. The summed E-state index contributed by atoms with van der Waals surface area (Å²) < 4.78 is 24.3. The summed E-state index contributed by atoms with van der Waals surface area (Å²) in [5, 5.41) is 10.4. The molecule has 2 aromatic carbocycles. The SMILES string of the molecule is COc1ccccc1-c1nnc(CNC(=O)c2ccccc2F)o1. The van der Waals surface area contributed by atoms with E-state index in [0.29, 0.717) is 11.3 Å². The van der Waals surface area contributed by atoms with E-state index >= 15 is 0 Å². The molecule has 0 spiro atoms. The minimum atomic E-state index is -0.588. The maximum absolute atomic E-state index is 13.5. The van der Waals surface area contributed by atoms with E-state index in [1.807, 2.05) is 12.1 Å². The number of nitrogens with one attached hydrogen (secondary N) is 1. The highest BCUT2D eigenvalue weighted by Gasteiger charge is 2.15. The molecule has 0 atom stereocenters. The predicted molar refractivity (Wildman–Crippen MR) is 83.9 cm³/mol. The summed E-state index contributed by atoms with van der Waals surface area (Å²) in [5.74, 6) is -0.0494. The first-order valence-corrected chi connectivity index (χ1v) is 7.17. The van der Waals surface area contributed by atoms with E-state index in [9.17, 15) is 9.18 Å². The zero-order valence-corrected chi connectivity index (χ0v) is 12.8. The third-order valence-electron chi connectivity index (χ3n) is 3.32. The molecule has 3 rings (SSSR count). The van der Waals surface area contributed by atoms with E-state index < -0.39 is 11.7 Å². The number of nitrogens with zero attached hydrogens (tertiary/aromatic N) is 2. The molecule has 122 valence electrons. The molecule has 0 aliphatic heterocycles. The molecule has 0 saturated heterocycles. The van der Waals surface area contributed by atoms with E-state index in [1.54, 1.807) is 25.3 Å². The van der Waals surface area contributed by atoms with Crippen LogP contribution in [0.4, 0.5) is 4.39 Å². The summed E-state index contributed by atoms with van der Waals surface area (Å²) in [4.78, 5) is 12.0. The molecule has 0 fully saturated rings. The van der Waals surface area contributed by atoms with Gasteiger partial charge in [-0.1, -0.05) is 24.3 Å². The largest absolute Gasteiger partial charge is 0.496 e. The van der Waals surface area contributed by atoms with Gasteiger partial charge in [0, 0.05) is 0 Å². The standard InChI is InChI=1S/C17H14FN3O3/c1-23-14-9-5-3-7-12(14)17-21-20-15(24-17)10-19-16(22)11-6-2-4-8-13(11)18/h2-9H,10H2,1H3,(H,19,22). The van der Waals surface area contributed by atoms with Gasteiger partial charge in [-0.3, -0.25) is 4.79 Å². The lowest BCUT2D eigenvalue weighted by atomic mass is 10.2. The zero-order valence-electron chi connectivity index (χ0n) is 12.8. The molecule has 1 N–H and O–H groups in total. The lowest BCUT2D eigenvalue weighted by molar-refractivity contribution is 0.0943. The zero-order chi connectivity index (χ0) is 16.9. The number of hydrogen-bond acceptors (Lipinski definition) is 5. The van der Waals surface area contributed by atoms with E-state index in [2.05, 4.69) is 15.5 Å². The van der Waals surface area contributed by atoms with Crippen molar-refractivity contribution in [3.05, 3.63) is 65.8 Å². The van der Waals surface area contributed by atoms with Crippen LogP contribution in [-0.2, 0) is 6.54 Å². The molecule has 0 saturated carbocycles. The first kappa shape index (κ1) is 15.7. The van der Waals surface area contributed by atoms with Crippen LogP contribution >= 0.6 is 0 Å². The molecular weight excluding hydrogens is 313 g/mol. The summed E-state index contributed by atoms with van der Waals surface area (Å²) in [6, 6.07) is 12.9. The summed E-state index contributed by atoms with van der Waals surface area (Å²) >= 11 is 0. The molecule has 1 aromatic heterocycles. The van der Waals surface area contributed by atoms with Crippen molar-refractivity contribution in [1.29, 1.82) is 0 Å². The number of ether oxygens (including phenoxy) is 1. The quantitative estimate of drug-likeness (QED) is 0.780. The van der Waals surface area contributed by atoms with Crippen molar-refractivity contribution in [1.82, 2.24) is 15.5 Å². The molecule has 24 heavy (non-hydrogen) atoms. The van der Waals surface area contributed by atoms with Crippen LogP contribution in [0.2, 0.25) is 0 Å². The maximum atomic E-state index is 13.5. The van der Waals surface area contributed by atoms with Crippen LogP contribution in [0.3, 0.4) is 0 Å². The number of benzene rings is 2. The van der Waals surface area contributed by atoms with Gasteiger partial charge in [-0.2, -0.15) is 0 Å². The second-order valence-electron chi connectivity index (χ2n) is 4.86. The number of carbonyl (C=O) groups excluding carboxylic acids is 1. The Kier molecular flexibility index (Phi) is 4.51. The van der Waals surface area contributed by atoms with Gasteiger partial charge >= 0.3 is 0 Å². The topological polar surface area (TPSA) is 77.3 Å². The van der Waals surface area contributed by atoms with Crippen LogP contribution in [0.5, 0.6) is 5.75 Å². The number of rotatable bonds is 5. The van der Waals surface area contributed by atoms with Gasteiger partial charge in [-0.05, 0) is 24.3 Å². The second-order valence-corrected chi connectivity index (χ2v) is 4.86. The van der Waals surface area contributed by atoms with E-state index in [4.69, 9.17) is 9.15 Å². The number of amides is 1. The minimum absolute atomic E-state index is 0.00465. The van der Waals surface area contributed by atoms with Gasteiger partial charge in [-0.25, -0.2) is 4.39 Å². The summed E-state index contributed by atoms with van der Waals surface area (Å²) in [6.07, 6.45) is 0. The molecule has 3 aromatic rings. The normalized spacial score (nSPS) is 10.4. The van der Waals surface area contributed by atoms with Crippen molar-refractivity contribution in [3.8, 4) is 17.2 Å². The average molecular weight is 327 g/mol. The van der Waals surface area contributed by atoms with Crippen molar-refractivity contribution in [3.63, 3.8) is 0 Å². The maximum Gasteiger partial charge on any atom is 0.254 e. The Morgan fingerprint density at radius 3 is 2.71 bits per heavy atom. The fourth-order valence-electron chi connectivity index (χ4n) is 2.15. The Bertz CT molecular complexity index is 864. The predicted octanol–water partition coefficient (Wildman–Crippen LogP) is 2.81. The Morgan fingerprint density at radius 1 is 1.17 bits per heavy atom. The highest BCUT2D eigenvalue weighted by molar-refractivity contribution is 5.94. The Balaban J connectivity index is 1.71. The molecule has 0 bridgehead atoms. The molecule has 0 unspecified atom stereocenters. The van der Waals surface area contributed by atoms with Crippen molar-refractivity contribution >= 4 is 5.91 Å². The second kappa shape index (κ2) is 6.91. The van der Waals surface area contributed by atoms with Crippen LogP contribution in [0, 0.1) is 5.82 Å². The van der Waals surface area contributed by atoms with Gasteiger partial charge in [0.15, 0.2) is 0 Å².